The Bertz CT molecular complexity index is 1630. The molecule has 2 atom stereocenters. The van der Waals surface area contributed by atoms with Crippen LogP contribution in [0.3, 0.4) is 0 Å². The summed E-state index contributed by atoms with van der Waals surface area (Å²) in [6.07, 6.45) is 2.56. The normalized spacial score (nSPS) is 29.6. The Morgan fingerprint density at radius 2 is 1.52 bits per heavy atom. The van der Waals surface area contributed by atoms with E-state index >= 15 is 0 Å². The molecule has 2 N–H and O–H groups in total. The largest absolute Gasteiger partial charge is 0.416 e. The number of aromatic amines is 1. The van der Waals surface area contributed by atoms with Gasteiger partial charge < -0.3 is 15.2 Å². The maximum atomic E-state index is 14.4. The van der Waals surface area contributed by atoms with Crippen LogP contribution in [0.5, 0.6) is 0 Å². The fraction of sp³-hybridized carbons (Fsp3) is 0.579. The van der Waals surface area contributed by atoms with E-state index in [1.54, 1.807) is 18.7 Å². The number of benzene rings is 2. The van der Waals surface area contributed by atoms with Crippen LogP contribution in [0.25, 0.3) is 10.9 Å². The summed E-state index contributed by atoms with van der Waals surface area (Å²) in [5.41, 5.74) is 1.71. The first kappa shape index (κ1) is 31.3. The van der Waals surface area contributed by atoms with E-state index in [2.05, 4.69) is 43.2 Å². The van der Waals surface area contributed by atoms with E-state index in [1.165, 1.54) is 42.3 Å². The highest BCUT2D eigenvalue weighted by Gasteiger charge is 2.60. The first-order chi connectivity index (χ1) is 21.6. The Morgan fingerprint density at radius 3 is 2.11 bits per heavy atom. The topological polar surface area (TPSA) is 65.2 Å². The average Bonchev–Trinajstić information content (AvgIpc) is 3.31. The molecule has 5 saturated carbocycles. The van der Waals surface area contributed by atoms with E-state index in [0.717, 1.165) is 42.6 Å². The zero-order valence-electron chi connectivity index (χ0n) is 27.6. The van der Waals surface area contributed by atoms with Crippen molar-refractivity contribution in [2.24, 2.45) is 29.1 Å². The summed E-state index contributed by atoms with van der Waals surface area (Å²) in [6.45, 7) is 10.1. The number of nitrogens with zero attached hydrogens (tertiary/aromatic N) is 1. The van der Waals surface area contributed by atoms with Crippen LogP contribution in [0.1, 0.15) is 101 Å². The number of hydrogen-bond acceptors (Lipinski definition) is 2. The van der Waals surface area contributed by atoms with Gasteiger partial charge in [0, 0.05) is 35.1 Å². The number of nitrogens with one attached hydrogen (secondary N) is 2. The van der Waals surface area contributed by atoms with Gasteiger partial charge in [-0.3, -0.25) is 9.59 Å². The first-order valence-electron chi connectivity index (χ1n) is 16.9. The molecule has 8 rings (SSSR count). The lowest BCUT2D eigenvalue weighted by molar-refractivity contribution is -0.150. The van der Waals surface area contributed by atoms with Gasteiger partial charge in [-0.25, -0.2) is 0 Å². The van der Waals surface area contributed by atoms with Crippen LogP contribution in [0.4, 0.5) is 13.2 Å². The third-order valence-electron chi connectivity index (χ3n) is 12.3. The number of halogens is 3. The molecule has 2 amide bonds. The quantitative estimate of drug-likeness (QED) is 0.261. The summed E-state index contributed by atoms with van der Waals surface area (Å²) < 4.78 is 40.0. The molecule has 5 fully saturated rings. The highest BCUT2D eigenvalue weighted by Crippen LogP contribution is 2.67. The van der Waals surface area contributed by atoms with Crippen molar-refractivity contribution < 1.29 is 22.8 Å². The zero-order valence-corrected chi connectivity index (χ0v) is 27.6. The summed E-state index contributed by atoms with van der Waals surface area (Å²) in [5.74, 6) is 1.88. The van der Waals surface area contributed by atoms with E-state index in [1.807, 2.05) is 12.1 Å². The number of para-hydroxylation sites is 1. The first-order valence-corrected chi connectivity index (χ1v) is 16.9. The molecule has 5 aliphatic carbocycles. The number of carbonyl (C=O) groups is 2. The molecule has 46 heavy (non-hydrogen) atoms. The van der Waals surface area contributed by atoms with E-state index in [4.69, 9.17) is 0 Å². The Kier molecular flexibility index (Phi) is 7.22. The molecule has 3 aromatic rings. The summed E-state index contributed by atoms with van der Waals surface area (Å²) >= 11 is 0. The lowest BCUT2D eigenvalue weighted by atomic mass is 9.53. The fourth-order valence-electron chi connectivity index (χ4n) is 10.1. The monoisotopic (exact) mass is 633 g/mol. The molecule has 4 bridgehead atoms. The molecule has 0 unspecified atom stereocenters. The second-order valence-electron chi connectivity index (χ2n) is 16.2. The van der Waals surface area contributed by atoms with Gasteiger partial charge in [-0.2, -0.15) is 13.2 Å². The number of aromatic nitrogens is 1. The van der Waals surface area contributed by atoms with Gasteiger partial charge in [0.1, 0.15) is 5.54 Å². The molecule has 1 aromatic heterocycles. The van der Waals surface area contributed by atoms with Gasteiger partial charge in [0.15, 0.2) is 0 Å². The van der Waals surface area contributed by atoms with Crippen LogP contribution in [0.2, 0.25) is 0 Å². The SMILES string of the molecule is Cc1[nH]c2ccccc2c1[C@H]1[C@H](CC(=O)N(Cc2ccc(C(F)(F)F)cc2)C(C)(C)C(=O)NC23CC4CC(CC(C4)C2)C3)C1(C)C. The highest BCUT2D eigenvalue weighted by molar-refractivity contribution is 5.92. The van der Waals surface area contributed by atoms with Crippen LogP contribution < -0.4 is 5.32 Å². The smallest absolute Gasteiger partial charge is 0.358 e. The van der Waals surface area contributed by atoms with Crippen molar-refractivity contribution in [3.63, 3.8) is 0 Å². The molecule has 8 heteroatoms. The fourth-order valence-corrected chi connectivity index (χ4v) is 10.1. The zero-order chi connectivity index (χ0) is 32.8. The van der Waals surface area contributed by atoms with Crippen molar-refractivity contribution in [2.75, 3.05) is 0 Å². The molecule has 0 aliphatic heterocycles. The molecule has 0 saturated heterocycles. The van der Waals surface area contributed by atoms with Crippen LogP contribution >= 0.6 is 0 Å². The average molecular weight is 634 g/mol. The maximum absolute atomic E-state index is 14.4. The molecule has 0 spiro atoms. The predicted octanol–water partition coefficient (Wildman–Crippen LogP) is 8.52. The van der Waals surface area contributed by atoms with Crippen molar-refractivity contribution in [1.82, 2.24) is 15.2 Å². The van der Waals surface area contributed by atoms with Crippen molar-refractivity contribution in [2.45, 2.75) is 109 Å². The molecule has 1 heterocycles. The third-order valence-corrected chi connectivity index (χ3v) is 12.3. The van der Waals surface area contributed by atoms with Gasteiger partial charge in [0.2, 0.25) is 11.8 Å². The van der Waals surface area contributed by atoms with Gasteiger partial charge in [-0.1, -0.05) is 44.2 Å². The van der Waals surface area contributed by atoms with Crippen molar-refractivity contribution in [1.29, 1.82) is 0 Å². The lowest BCUT2D eigenvalue weighted by Gasteiger charge is -2.57. The van der Waals surface area contributed by atoms with Crippen molar-refractivity contribution in [3.05, 3.63) is 70.9 Å². The number of fused-ring (bicyclic) bond motifs is 1. The van der Waals surface area contributed by atoms with Gasteiger partial charge in [0.05, 0.1) is 5.56 Å². The third kappa shape index (κ3) is 5.33. The molecule has 246 valence electrons. The number of aryl methyl sites for hydroxylation is 1. The standard InChI is InChI=1S/C38H46F3N3O2/c1-22-32(28-8-6-7-9-30(28)42-22)33-29(35(33,2)3)17-31(45)44(21-23-10-12-27(13-11-23)38(39,40)41)36(4,5)34(46)43-37-18-24-14-25(19-37)16-26(15-24)20-37/h6-13,24-26,29,33,42H,14-21H2,1-5H3,(H,43,46)/t24?,25?,26?,29-,33+,37?/m0/s1. The summed E-state index contributed by atoms with van der Waals surface area (Å²) in [7, 11) is 0. The number of hydrogen-bond donors (Lipinski definition) is 2. The summed E-state index contributed by atoms with van der Waals surface area (Å²) in [6, 6.07) is 13.2. The minimum Gasteiger partial charge on any atom is -0.358 e. The number of carbonyl (C=O) groups excluding carboxylic acids is 2. The highest BCUT2D eigenvalue weighted by atomic mass is 19.4. The van der Waals surface area contributed by atoms with E-state index < -0.39 is 17.3 Å². The van der Waals surface area contributed by atoms with Crippen LogP contribution in [0.15, 0.2) is 48.5 Å². The summed E-state index contributed by atoms with van der Waals surface area (Å²) in [4.78, 5) is 33.9. The van der Waals surface area contributed by atoms with Gasteiger partial charge in [-0.15, -0.1) is 0 Å². The number of rotatable bonds is 8. The Balaban J connectivity index is 1.16. The van der Waals surface area contributed by atoms with Gasteiger partial charge in [-0.05, 0) is 124 Å². The van der Waals surface area contributed by atoms with Crippen LogP contribution in [-0.2, 0) is 22.3 Å². The van der Waals surface area contributed by atoms with Crippen LogP contribution in [0, 0.1) is 36.0 Å². The minimum atomic E-state index is -4.45. The van der Waals surface area contributed by atoms with Crippen molar-refractivity contribution in [3.8, 4) is 0 Å². The van der Waals surface area contributed by atoms with E-state index in [9.17, 15) is 22.8 Å². The van der Waals surface area contributed by atoms with Crippen molar-refractivity contribution >= 4 is 22.7 Å². The number of amides is 2. The molecule has 5 aliphatic rings. The molecular formula is C38H46F3N3O2. The molecule has 5 nitrogen and oxygen atoms in total. The lowest BCUT2D eigenvalue weighted by Crippen LogP contribution is -2.65. The number of alkyl halides is 3. The Morgan fingerprint density at radius 1 is 0.935 bits per heavy atom. The van der Waals surface area contributed by atoms with Gasteiger partial charge >= 0.3 is 6.18 Å². The summed E-state index contributed by atoms with van der Waals surface area (Å²) in [5, 5.41) is 4.64. The molecule has 0 radical (unpaired) electrons. The van der Waals surface area contributed by atoms with E-state index in [0.29, 0.717) is 23.3 Å². The molecular weight excluding hydrogens is 587 g/mol. The predicted molar refractivity (Wildman–Crippen MR) is 173 cm³/mol. The van der Waals surface area contributed by atoms with Gasteiger partial charge in [0.25, 0.3) is 0 Å². The minimum absolute atomic E-state index is 0.0577. The Hall–Kier alpha value is -3.29. The maximum Gasteiger partial charge on any atom is 0.416 e. The number of H-pyrrole nitrogens is 1. The van der Waals surface area contributed by atoms with Crippen LogP contribution in [-0.4, -0.2) is 32.8 Å². The second kappa shape index (κ2) is 10.6. The van der Waals surface area contributed by atoms with E-state index in [-0.39, 0.29) is 47.6 Å². The Labute approximate surface area is 269 Å². The molecule has 2 aromatic carbocycles. The second-order valence-corrected chi connectivity index (χ2v) is 16.2.